The van der Waals surface area contributed by atoms with E-state index in [1.54, 1.807) is 6.07 Å². The predicted octanol–water partition coefficient (Wildman–Crippen LogP) is 9.81. The van der Waals surface area contributed by atoms with E-state index in [1.807, 2.05) is 44.3 Å². The summed E-state index contributed by atoms with van der Waals surface area (Å²) in [7, 11) is 1.98. The molecule has 0 spiro atoms. The van der Waals surface area contributed by atoms with Crippen LogP contribution in [0.1, 0.15) is 100 Å². The normalized spacial score (nSPS) is 19.0. The van der Waals surface area contributed by atoms with Crippen LogP contribution in [0.25, 0.3) is 0 Å². The van der Waals surface area contributed by atoms with E-state index in [1.165, 1.54) is 25.1 Å². The molecule has 0 heterocycles. The van der Waals surface area contributed by atoms with Crippen LogP contribution in [0.4, 0.5) is 26.3 Å². The van der Waals surface area contributed by atoms with Gasteiger partial charge in [0.15, 0.2) is 0 Å². The second kappa shape index (κ2) is 13.6. The first-order valence-corrected chi connectivity index (χ1v) is 14.7. The smallest absolute Gasteiger partial charge is 0.299 e. The van der Waals surface area contributed by atoms with Crippen LogP contribution in [0.3, 0.4) is 0 Å². The zero-order valence-electron chi connectivity index (χ0n) is 24.3. The number of rotatable bonds is 9. The lowest BCUT2D eigenvalue weighted by Gasteiger charge is -2.39. The summed E-state index contributed by atoms with van der Waals surface area (Å²) < 4.78 is 88.4. The van der Waals surface area contributed by atoms with Crippen LogP contribution in [0.5, 0.6) is 0 Å². The van der Waals surface area contributed by atoms with Gasteiger partial charge in [0.05, 0.1) is 16.9 Å². The van der Waals surface area contributed by atoms with Crippen LogP contribution >= 0.6 is 0 Å². The van der Waals surface area contributed by atoms with Gasteiger partial charge in [0.2, 0.25) is 0 Å². The first kappa shape index (κ1) is 33.0. The van der Waals surface area contributed by atoms with E-state index in [-0.39, 0.29) is 49.3 Å². The molecule has 1 atom stereocenters. The summed E-state index contributed by atoms with van der Waals surface area (Å²) in [6.45, 7) is 4.13. The van der Waals surface area contributed by atoms with Crippen molar-refractivity contribution in [2.45, 2.75) is 120 Å². The SMILES string of the molecule is CC#N.CCC(CCc1c(C2(C(F)(F)F)CCCC2)cccc1C1(C(F)(F)F)CCCC1)N(C)Cc1ccccc1. The van der Waals surface area contributed by atoms with Crippen LogP contribution in [-0.4, -0.2) is 30.3 Å². The Morgan fingerprint density at radius 2 is 1.24 bits per heavy atom. The third-order valence-corrected chi connectivity index (χ3v) is 9.30. The Labute approximate surface area is 240 Å². The van der Waals surface area contributed by atoms with E-state index >= 15 is 0 Å². The Morgan fingerprint density at radius 3 is 1.63 bits per heavy atom. The fraction of sp³-hybridized carbons (Fsp3) is 0.606. The van der Waals surface area contributed by atoms with Crippen molar-refractivity contribution in [2.75, 3.05) is 7.05 Å². The van der Waals surface area contributed by atoms with Crippen molar-refractivity contribution in [1.29, 1.82) is 5.26 Å². The van der Waals surface area contributed by atoms with Crippen LogP contribution < -0.4 is 0 Å². The maximum atomic E-state index is 14.7. The summed E-state index contributed by atoms with van der Waals surface area (Å²) in [6.07, 6.45) is -6.03. The van der Waals surface area contributed by atoms with Crippen molar-refractivity contribution in [3.63, 3.8) is 0 Å². The lowest BCUT2D eigenvalue weighted by atomic mass is 9.68. The van der Waals surface area contributed by atoms with Crippen molar-refractivity contribution >= 4 is 0 Å². The zero-order chi connectivity index (χ0) is 30.3. The van der Waals surface area contributed by atoms with Gasteiger partial charge < -0.3 is 0 Å². The van der Waals surface area contributed by atoms with E-state index < -0.39 is 23.2 Å². The fourth-order valence-corrected chi connectivity index (χ4v) is 7.17. The number of nitriles is 1. The van der Waals surface area contributed by atoms with Gasteiger partial charge in [-0.1, -0.05) is 81.1 Å². The van der Waals surface area contributed by atoms with Gasteiger partial charge in [-0.05, 0) is 74.2 Å². The molecule has 4 rings (SSSR count). The minimum absolute atomic E-state index is 0.0342. The maximum absolute atomic E-state index is 14.7. The minimum atomic E-state index is -4.51. The lowest BCUT2D eigenvalue weighted by Crippen LogP contribution is -2.44. The molecule has 0 aromatic heterocycles. The molecule has 2 nitrogen and oxygen atoms in total. The molecule has 1 unspecified atom stereocenters. The molecule has 2 aliphatic carbocycles. The van der Waals surface area contributed by atoms with Crippen LogP contribution in [-0.2, 0) is 23.8 Å². The van der Waals surface area contributed by atoms with Gasteiger partial charge in [-0.25, -0.2) is 0 Å². The number of alkyl halides is 6. The third-order valence-electron chi connectivity index (χ3n) is 9.30. The van der Waals surface area contributed by atoms with Crippen LogP contribution in [0.15, 0.2) is 48.5 Å². The topological polar surface area (TPSA) is 27.0 Å². The highest BCUT2D eigenvalue weighted by Crippen LogP contribution is 2.57. The molecule has 2 aromatic rings. The van der Waals surface area contributed by atoms with Gasteiger partial charge in [0.25, 0.3) is 0 Å². The van der Waals surface area contributed by atoms with Crippen molar-refractivity contribution in [3.8, 4) is 6.07 Å². The monoisotopic (exact) mass is 580 g/mol. The molecule has 226 valence electrons. The lowest BCUT2D eigenvalue weighted by molar-refractivity contribution is -0.191. The number of hydrogen-bond acceptors (Lipinski definition) is 2. The fourth-order valence-electron chi connectivity index (χ4n) is 7.17. The second-order valence-electron chi connectivity index (χ2n) is 11.6. The summed E-state index contributed by atoms with van der Waals surface area (Å²) in [6, 6.07) is 16.1. The molecular formula is C33H42F6N2. The number of benzene rings is 2. The molecule has 0 bridgehead atoms. The standard InChI is InChI=1S/C31H39F6N.C2H3N/c1-3-24(38(2)22-23-12-5-4-6-13-23)16-17-25-26(28(30(32,33)34)18-7-8-19-28)14-11-15-27(25)29(31(35,36)37)20-9-10-21-29;1-2-3/h4-6,11-15,24H,3,7-10,16-22H2,1-2H3;1H3. The van der Waals surface area contributed by atoms with Crippen molar-refractivity contribution < 1.29 is 26.3 Å². The number of hydrogen-bond donors (Lipinski definition) is 0. The molecule has 0 saturated heterocycles. The quantitative estimate of drug-likeness (QED) is 0.276. The summed E-state index contributed by atoms with van der Waals surface area (Å²) in [5.41, 5.74) is -2.52. The first-order chi connectivity index (χ1) is 19.4. The van der Waals surface area contributed by atoms with Crippen LogP contribution in [0, 0.1) is 11.3 Å². The molecule has 2 aliphatic rings. The number of halogens is 6. The molecule has 41 heavy (non-hydrogen) atoms. The Morgan fingerprint density at radius 1 is 0.805 bits per heavy atom. The average molecular weight is 581 g/mol. The molecular weight excluding hydrogens is 538 g/mol. The molecule has 0 aliphatic heterocycles. The van der Waals surface area contributed by atoms with E-state index in [0.717, 1.165) is 12.0 Å². The van der Waals surface area contributed by atoms with Crippen molar-refractivity contribution in [3.05, 3.63) is 70.8 Å². The van der Waals surface area contributed by atoms with Gasteiger partial charge in [-0.3, -0.25) is 4.90 Å². The highest BCUT2D eigenvalue weighted by molar-refractivity contribution is 5.47. The highest BCUT2D eigenvalue weighted by Gasteiger charge is 2.60. The Kier molecular flexibility index (Phi) is 11.0. The average Bonchev–Trinajstić information content (AvgIpc) is 3.61. The Bertz CT molecular complexity index is 1080. The van der Waals surface area contributed by atoms with E-state index in [9.17, 15) is 26.3 Å². The minimum Gasteiger partial charge on any atom is -0.299 e. The van der Waals surface area contributed by atoms with Gasteiger partial charge in [-0.2, -0.15) is 31.6 Å². The summed E-state index contributed by atoms with van der Waals surface area (Å²) in [4.78, 5) is 2.17. The van der Waals surface area contributed by atoms with Gasteiger partial charge in [-0.15, -0.1) is 0 Å². The Hall–Kier alpha value is -2.53. The third kappa shape index (κ3) is 6.93. The molecule has 2 saturated carbocycles. The maximum Gasteiger partial charge on any atom is 0.398 e. The molecule has 8 heteroatoms. The summed E-state index contributed by atoms with van der Waals surface area (Å²) in [5.74, 6) is 0. The van der Waals surface area contributed by atoms with E-state index in [0.29, 0.717) is 44.2 Å². The van der Waals surface area contributed by atoms with E-state index in [4.69, 9.17) is 5.26 Å². The molecule has 2 fully saturated rings. The predicted molar refractivity (Wildman–Crippen MR) is 150 cm³/mol. The van der Waals surface area contributed by atoms with Crippen molar-refractivity contribution in [1.82, 2.24) is 4.90 Å². The second-order valence-corrected chi connectivity index (χ2v) is 11.6. The Balaban J connectivity index is 0.00000147. The largest absolute Gasteiger partial charge is 0.398 e. The van der Waals surface area contributed by atoms with Crippen molar-refractivity contribution in [2.24, 2.45) is 0 Å². The molecule has 0 N–H and O–H groups in total. The molecule has 0 amide bonds. The first-order valence-electron chi connectivity index (χ1n) is 14.7. The number of nitrogens with zero attached hydrogens (tertiary/aromatic N) is 2. The molecule has 2 aromatic carbocycles. The van der Waals surface area contributed by atoms with Gasteiger partial charge >= 0.3 is 12.4 Å². The van der Waals surface area contributed by atoms with Gasteiger partial charge in [0.1, 0.15) is 0 Å². The van der Waals surface area contributed by atoms with Gasteiger partial charge in [0, 0.05) is 19.5 Å². The summed E-state index contributed by atoms with van der Waals surface area (Å²) in [5, 5.41) is 7.32. The highest BCUT2D eigenvalue weighted by atomic mass is 19.4. The zero-order valence-corrected chi connectivity index (χ0v) is 24.3. The summed E-state index contributed by atoms with van der Waals surface area (Å²) >= 11 is 0. The van der Waals surface area contributed by atoms with Crippen LogP contribution in [0.2, 0.25) is 0 Å². The molecule has 0 radical (unpaired) electrons. The van der Waals surface area contributed by atoms with E-state index in [2.05, 4.69) is 4.90 Å².